The Morgan fingerprint density at radius 2 is 1.71 bits per heavy atom. The van der Waals surface area contributed by atoms with Crippen LogP contribution in [0.25, 0.3) is 0 Å². The van der Waals surface area contributed by atoms with Crippen LogP contribution in [0.1, 0.15) is 0 Å². The zero-order valence-corrected chi connectivity index (χ0v) is 14.1. The summed E-state index contributed by atoms with van der Waals surface area (Å²) in [4.78, 5) is 11.9. The number of anilines is 2. The third-order valence-electron chi connectivity index (χ3n) is 2.86. The van der Waals surface area contributed by atoms with Gasteiger partial charge < -0.3 is 16.0 Å². The highest BCUT2D eigenvalue weighted by Gasteiger charge is 2.08. The van der Waals surface area contributed by atoms with Gasteiger partial charge in [0, 0.05) is 11.9 Å². The molecular formula is C17H15ClN4OS. The standard InChI is InChI=1S/C17H15ClN4OS/c18-13-8-4-5-9-15(13)22-16(23)14(19)10-11-20-17(24)21-12-6-2-1-3-7-12/h1-11,19H,(H,22,23)(H2,20,21,24)/b11-10-,19-14?. The molecule has 2 aromatic carbocycles. The maximum atomic E-state index is 11.9. The van der Waals surface area contributed by atoms with Crippen molar-refractivity contribution in [3.8, 4) is 0 Å². The maximum absolute atomic E-state index is 11.9. The molecule has 0 saturated carbocycles. The number of nitrogens with one attached hydrogen (secondary N) is 4. The van der Waals surface area contributed by atoms with E-state index in [4.69, 9.17) is 29.2 Å². The lowest BCUT2D eigenvalue weighted by Crippen LogP contribution is -2.25. The number of hydrogen-bond donors (Lipinski definition) is 4. The first-order valence-corrected chi connectivity index (χ1v) is 7.78. The molecular weight excluding hydrogens is 344 g/mol. The van der Waals surface area contributed by atoms with Crippen LogP contribution < -0.4 is 16.0 Å². The maximum Gasteiger partial charge on any atom is 0.273 e. The molecule has 0 fully saturated rings. The molecule has 122 valence electrons. The predicted molar refractivity (Wildman–Crippen MR) is 103 cm³/mol. The van der Waals surface area contributed by atoms with Gasteiger partial charge in [-0.1, -0.05) is 41.9 Å². The van der Waals surface area contributed by atoms with Crippen LogP contribution >= 0.6 is 23.8 Å². The predicted octanol–water partition coefficient (Wildman–Crippen LogP) is 3.80. The second kappa shape index (κ2) is 8.81. The van der Waals surface area contributed by atoms with Gasteiger partial charge in [-0.05, 0) is 42.6 Å². The van der Waals surface area contributed by atoms with Gasteiger partial charge in [0.2, 0.25) is 0 Å². The summed E-state index contributed by atoms with van der Waals surface area (Å²) in [6, 6.07) is 16.2. The molecule has 7 heteroatoms. The van der Waals surface area contributed by atoms with Crippen LogP contribution in [0, 0.1) is 5.41 Å². The van der Waals surface area contributed by atoms with Crippen LogP contribution in [0.2, 0.25) is 5.02 Å². The summed E-state index contributed by atoms with van der Waals surface area (Å²) < 4.78 is 0. The molecule has 5 nitrogen and oxygen atoms in total. The fraction of sp³-hybridized carbons (Fsp3) is 0. The molecule has 0 aliphatic heterocycles. The highest BCUT2D eigenvalue weighted by atomic mass is 35.5. The average molecular weight is 359 g/mol. The van der Waals surface area contributed by atoms with Gasteiger partial charge in [-0.3, -0.25) is 10.2 Å². The van der Waals surface area contributed by atoms with Crippen LogP contribution in [0.5, 0.6) is 0 Å². The lowest BCUT2D eigenvalue weighted by atomic mass is 10.3. The van der Waals surface area contributed by atoms with E-state index >= 15 is 0 Å². The summed E-state index contributed by atoms with van der Waals surface area (Å²) in [6.45, 7) is 0. The fourth-order valence-electron chi connectivity index (χ4n) is 1.72. The molecule has 0 unspecified atom stereocenters. The molecule has 0 atom stereocenters. The lowest BCUT2D eigenvalue weighted by Gasteiger charge is -2.07. The number of carbonyl (C=O) groups is 1. The van der Waals surface area contributed by atoms with Crippen LogP contribution in [-0.4, -0.2) is 16.7 Å². The second-order valence-electron chi connectivity index (χ2n) is 4.65. The summed E-state index contributed by atoms with van der Waals surface area (Å²) in [5, 5.41) is 16.8. The van der Waals surface area contributed by atoms with Crippen molar-refractivity contribution < 1.29 is 4.79 Å². The Morgan fingerprint density at radius 3 is 2.42 bits per heavy atom. The molecule has 1 amide bonds. The van der Waals surface area contributed by atoms with Gasteiger partial charge in [0.25, 0.3) is 5.91 Å². The number of halogens is 1. The zero-order chi connectivity index (χ0) is 17.4. The monoisotopic (exact) mass is 358 g/mol. The van der Waals surface area contributed by atoms with Crippen molar-refractivity contribution in [3.05, 3.63) is 71.9 Å². The number of amides is 1. The molecule has 24 heavy (non-hydrogen) atoms. The Labute approximate surface area is 150 Å². The van der Waals surface area contributed by atoms with Crippen LogP contribution in [0.15, 0.2) is 66.9 Å². The topological polar surface area (TPSA) is 77.0 Å². The molecule has 0 aliphatic rings. The smallest absolute Gasteiger partial charge is 0.273 e. The van der Waals surface area contributed by atoms with E-state index in [2.05, 4.69) is 16.0 Å². The van der Waals surface area contributed by atoms with Gasteiger partial charge in [-0.15, -0.1) is 0 Å². The molecule has 0 bridgehead atoms. The van der Waals surface area contributed by atoms with Crippen molar-refractivity contribution in [2.24, 2.45) is 0 Å². The summed E-state index contributed by atoms with van der Waals surface area (Å²) in [7, 11) is 0. The van der Waals surface area contributed by atoms with Crippen LogP contribution in [0.3, 0.4) is 0 Å². The highest BCUT2D eigenvalue weighted by Crippen LogP contribution is 2.20. The van der Waals surface area contributed by atoms with Crippen molar-refractivity contribution in [1.82, 2.24) is 5.32 Å². The zero-order valence-electron chi connectivity index (χ0n) is 12.5. The minimum atomic E-state index is -0.567. The quantitative estimate of drug-likeness (QED) is 0.484. The molecule has 4 N–H and O–H groups in total. The van der Waals surface area contributed by atoms with Gasteiger partial charge in [0.15, 0.2) is 5.11 Å². The molecule has 0 spiro atoms. The van der Waals surface area contributed by atoms with Crippen molar-refractivity contribution in [1.29, 1.82) is 5.41 Å². The highest BCUT2D eigenvalue weighted by molar-refractivity contribution is 7.80. The first kappa shape index (κ1) is 17.7. The second-order valence-corrected chi connectivity index (χ2v) is 5.46. The number of rotatable bonds is 5. The number of benzene rings is 2. The first-order valence-electron chi connectivity index (χ1n) is 7.00. The van der Waals surface area contributed by atoms with Crippen molar-refractivity contribution >= 4 is 51.9 Å². The normalized spacial score (nSPS) is 10.2. The first-order chi connectivity index (χ1) is 11.6. The third kappa shape index (κ3) is 5.49. The van der Waals surface area contributed by atoms with E-state index in [1.807, 2.05) is 30.3 Å². The molecule has 0 aliphatic carbocycles. The number of para-hydroxylation sites is 2. The lowest BCUT2D eigenvalue weighted by molar-refractivity contribution is -0.110. The van der Waals surface area contributed by atoms with Gasteiger partial charge >= 0.3 is 0 Å². The molecule has 0 radical (unpaired) electrons. The van der Waals surface area contributed by atoms with Gasteiger partial charge in [0.1, 0.15) is 5.71 Å². The molecule has 2 rings (SSSR count). The van der Waals surface area contributed by atoms with Crippen LogP contribution in [0.4, 0.5) is 11.4 Å². The largest absolute Gasteiger partial charge is 0.339 e. The fourth-order valence-corrected chi connectivity index (χ4v) is 2.09. The van der Waals surface area contributed by atoms with Gasteiger partial charge in [0.05, 0.1) is 10.7 Å². The Bertz CT molecular complexity index is 777. The van der Waals surface area contributed by atoms with E-state index in [-0.39, 0.29) is 5.71 Å². The van der Waals surface area contributed by atoms with E-state index in [1.165, 1.54) is 12.3 Å². The van der Waals surface area contributed by atoms with Crippen LogP contribution in [-0.2, 0) is 4.79 Å². The number of thiocarbonyl (C=S) groups is 1. The minimum absolute atomic E-state index is 0.232. The SMILES string of the molecule is N=C(/C=C\NC(=S)Nc1ccccc1)C(=O)Nc1ccccc1Cl. The van der Waals surface area contributed by atoms with E-state index in [1.54, 1.807) is 24.3 Å². The van der Waals surface area contributed by atoms with E-state index < -0.39 is 5.91 Å². The Kier molecular flexibility index (Phi) is 6.48. The van der Waals surface area contributed by atoms with Gasteiger partial charge in [-0.2, -0.15) is 0 Å². The molecule has 0 heterocycles. The Balaban J connectivity index is 1.83. The summed E-state index contributed by atoms with van der Waals surface area (Å²) in [5.41, 5.74) is 1.07. The summed E-state index contributed by atoms with van der Waals surface area (Å²) in [5.74, 6) is -0.567. The van der Waals surface area contributed by atoms with Gasteiger partial charge in [-0.25, -0.2) is 0 Å². The van der Waals surface area contributed by atoms with Crippen molar-refractivity contribution in [2.45, 2.75) is 0 Å². The molecule has 0 aromatic heterocycles. The number of hydrogen-bond acceptors (Lipinski definition) is 3. The summed E-state index contributed by atoms with van der Waals surface area (Å²) in [6.07, 6.45) is 2.73. The molecule has 2 aromatic rings. The average Bonchev–Trinajstić information content (AvgIpc) is 2.57. The molecule has 0 saturated heterocycles. The van der Waals surface area contributed by atoms with E-state index in [0.717, 1.165) is 5.69 Å². The Hall–Kier alpha value is -2.70. The third-order valence-corrected chi connectivity index (χ3v) is 3.41. The van der Waals surface area contributed by atoms with E-state index in [0.29, 0.717) is 15.8 Å². The number of carbonyl (C=O) groups excluding carboxylic acids is 1. The van der Waals surface area contributed by atoms with Crippen molar-refractivity contribution in [3.63, 3.8) is 0 Å². The summed E-state index contributed by atoms with van der Waals surface area (Å²) >= 11 is 11.1. The van der Waals surface area contributed by atoms with E-state index in [9.17, 15) is 4.79 Å². The minimum Gasteiger partial charge on any atom is -0.339 e. The Morgan fingerprint density at radius 1 is 1.04 bits per heavy atom. The van der Waals surface area contributed by atoms with Crippen molar-refractivity contribution in [2.75, 3.05) is 10.6 Å².